The van der Waals surface area contributed by atoms with E-state index in [1.54, 1.807) is 0 Å². The van der Waals surface area contributed by atoms with E-state index in [9.17, 15) is 0 Å². The maximum atomic E-state index is 2.58. The number of hydrogen-bond donors (Lipinski definition) is 0. The second-order valence-electron chi connectivity index (χ2n) is 21.9. The molecule has 0 spiro atoms. The van der Waals surface area contributed by atoms with Gasteiger partial charge in [0.1, 0.15) is 0 Å². The minimum absolute atomic E-state index is 1.13. The van der Waals surface area contributed by atoms with E-state index in [4.69, 9.17) is 0 Å². The van der Waals surface area contributed by atoms with E-state index in [0.29, 0.717) is 0 Å². The van der Waals surface area contributed by atoms with Crippen LogP contribution in [0.15, 0.2) is 315 Å². The van der Waals surface area contributed by atoms with Crippen molar-refractivity contribution < 1.29 is 0 Å². The average Bonchev–Trinajstić information content (AvgIpc) is 4.51. The summed E-state index contributed by atoms with van der Waals surface area (Å²) in [5.74, 6) is 0. The van der Waals surface area contributed by atoms with Crippen LogP contribution in [0.4, 0.5) is 0 Å². The smallest absolute Gasteiger partial charge is 0.179 e. The number of aromatic nitrogens is 4. The van der Waals surface area contributed by atoms with Crippen molar-refractivity contribution in [2.24, 2.45) is 0 Å². The van der Waals surface area contributed by atoms with Gasteiger partial charge in [0.05, 0.1) is 55.5 Å². The Kier molecular flexibility index (Phi) is 10.6. The normalized spacial score (nSPS) is 12.1. The van der Waals surface area contributed by atoms with Gasteiger partial charge in [-0.3, -0.25) is 0 Å². The topological polar surface area (TPSA) is 19.7 Å². The molecule has 4 aromatic heterocycles. The molecule has 0 aliphatic carbocycles. The lowest BCUT2D eigenvalue weighted by molar-refractivity contribution is 1.16. The van der Waals surface area contributed by atoms with Crippen molar-refractivity contribution in [1.29, 1.82) is 0 Å². The minimum atomic E-state index is -3.25. The molecule has 0 bridgehead atoms. The second kappa shape index (κ2) is 18.7. The van der Waals surface area contributed by atoms with E-state index < -0.39 is 8.07 Å². The van der Waals surface area contributed by atoms with Crippen LogP contribution in [0.5, 0.6) is 0 Å². The number of benzene rings is 13. The highest BCUT2D eigenvalue weighted by atomic mass is 28.3. The third-order valence-corrected chi connectivity index (χ3v) is 22.5. The number of nitrogens with zero attached hydrogens (tertiary/aromatic N) is 4. The third kappa shape index (κ3) is 6.99. The predicted octanol–water partition coefficient (Wildman–Crippen LogP) is 17.1. The van der Waals surface area contributed by atoms with Crippen molar-refractivity contribution in [2.45, 2.75) is 0 Å². The molecule has 0 fully saturated rings. The molecule has 388 valence electrons. The molecule has 17 aromatic rings. The fraction of sp³-hybridized carbons (Fsp3) is 0. The van der Waals surface area contributed by atoms with Gasteiger partial charge < -0.3 is 18.3 Å². The van der Waals surface area contributed by atoms with Crippen molar-refractivity contribution in [1.82, 2.24) is 18.3 Å². The van der Waals surface area contributed by atoms with E-state index in [-0.39, 0.29) is 0 Å². The van der Waals surface area contributed by atoms with Crippen LogP contribution < -0.4 is 20.7 Å². The Bertz CT molecular complexity index is 5210. The summed E-state index contributed by atoms with van der Waals surface area (Å²) in [7, 11) is -3.25. The molecule has 4 nitrogen and oxygen atoms in total. The van der Waals surface area contributed by atoms with Gasteiger partial charge in [0.15, 0.2) is 8.07 Å². The van der Waals surface area contributed by atoms with Crippen LogP contribution in [-0.4, -0.2) is 26.3 Å². The summed E-state index contributed by atoms with van der Waals surface area (Å²) < 4.78 is 9.95. The van der Waals surface area contributed by atoms with Gasteiger partial charge in [-0.05, 0) is 106 Å². The highest BCUT2D eigenvalue weighted by molar-refractivity contribution is 7.20. The van der Waals surface area contributed by atoms with E-state index in [2.05, 4.69) is 334 Å². The van der Waals surface area contributed by atoms with E-state index >= 15 is 0 Å². The first-order chi connectivity index (χ1) is 41.2. The monoisotopic (exact) mass is 1070 g/mol. The van der Waals surface area contributed by atoms with Gasteiger partial charge in [-0.2, -0.15) is 0 Å². The molecule has 0 radical (unpaired) electrons. The fourth-order valence-corrected chi connectivity index (χ4v) is 19.1. The van der Waals surface area contributed by atoms with Gasteiger partial charge in [-0.1, -0.05) is 231 Å². The molecule has 0 saturated heterocycles. The molecule has 5 heteroatoms. The maximum Gasteiger partial charge on any atom is 0.179 e. The lowest BCUT2D eigenvalue weighted by Gasteiger charge is -2.35. The van der Waals surface area contributed by atoms with Crippen LogP contribution in [0.1, 0.15) is 0 Å². The maximum absolute atomic E-state index is 3.25. The molecule has 0 aliphatic heterocycles. The molecule has 0 aliphatic rings. The number of fused-ring (bicyclic) bond motifs is 12. The first-order valence-electron chi connectivity index (χ1n) is 28.7. The third-order valence-electron chi connectivity index (χ3n) is 17.7. The largest absolute Gasteiger partial charge is 0.309 e. The highest BCUT2D eigenvalue weighted by Gasteiger charge is 2.42. The zero-order valence-electron chi connectivity index (χ0n) is 45.3. The van der Waals surface area contributed by atoms with E-state index in [1.807, 2.05) is 0 Å². The molecular formula is C78H52N4Si. The molecular weight excluding hydrogens is 1020 g/mol. The van der Waals surface area contributed by atoms with E-state index in [1.165, 1.54) is 108 Å². The van der Waals surface area contributed by atoms with Crippen molar-refractivity contribution >= 4 is 116 Å². The highest BCUT2D eigenvalue weighted by Crippen LogP contribution is 2.42. The average molecular weight is 1070 g/mol. The van der Waals surface area contributed by atoms with Crippen LogP contribution in [-0.2, 0) is 0 Å². The van der Waals surface area contributed by atoms with E-state index in [0.717, 1.165) is 33.9 Å². The van der Waals surface area contributed by atoms with Crippen LogP contribution in [0.3, 0.4) is 0 Å². The summed E-state index contributed by atoms with van der Waals surface area (Å²) in [6.45, 7) is 0. The molecule has 0 N–H and O–H groups in total. The molecule has 0 amide bonds. The minimum Gasteiger partial charge on any atom is -0.309 e. The van der Waals surface area contributed by atoms with Crippen molar-refractivity contribution in [3.8, 4) is 33.9 Å². The van der Waals surface area contributed by atoms with Gasteiger partial charge in [0.25, 0.3) is 0 Å². The molecule has 0 unspecified atom stereocenters. The quantitative estimate of drug-likeness (QED) is 0.101. The second-order valence-corrected chi connectivity index (χ2v) is 25.8. The Morgan fingerprint density at radius 3 is 1.00 bits per heavy atom. The number of hydrogen-bond acceptors (Lipinski definition) is 0. The Morgan fingerprint density at radius 2 is 0.518 bits per heavy atom. The molecule has 83 heavy (non-hydrogen) atoms. The summed E-state index contributed by atoms with van der Waals surface area (Å²) in [5.41, 5.74) is 16.3. The fourth-order valence-electron chi connectivity index (χ4n) is 14.3. The Hall–Kier alpha value is -10.7. The van der Waals surface area contributed by atoms with Gasteiger partial charge in [-0.15, -0.1) is 0 Å². The van der Waals surface area contributed by atoms with Crippen LogP contribution in [0.25, 0.3) is 121 Å². The number of rotatable bonds is 9. The van der Waals surface area contributed by atoms with Crippen molar-refractivity contribution in [3.05, 3.63) is 315 Å². The summed E-state index contributed by atoms with van der Waals surface area (Å²) in [6, 6.07) is 118. The first-order valence-corrected chi connectivity index (χ1v) is 30.7. The number of para-hydroxylation sites is 8. The first kappa shape index (κ1) is 47.1. The molecule has 17 rings (SSSR count). The molecule has 13 aromatic carbocycles. The molecule has 0 atom stereocenters. The SMILES string of the molecule is c1ccc([Si](c2ccccc2)(c2cccc(-n3c4ccccc4c4cc(-n5c6ccccc6c6ccccc65)ccc43)c2)c2ccc(-c3ccccc3-n3c4ccccc4c4ccccc43)c(-n3c4ccccc4c4ccccc43)c2)cc1. The summed E-state index contributed by atoms with van der Waals surface area (Å²) in [5, 5.41) is 15.1. The lowest BCUT2D eigenvalue weighted by atomic mass is 10.0. The Balaban J connectivity index is 0.937. The van der Waals surface area contributed by atoms with Crippen LogP contribution in [0, 0.1) is 0 Å². The lowest BCUT2D eigenvalue weighted by Crippen LogP contribution is -2.74. The van der Waals surface area contributed by atoms with Gasteiger partial charge in [0.2, 0.25) is 0 Å². The van der Waals surface area contributed by atoms with Gasteiger partial charge >= 0.3 is 0 Å². The zero-order chi connectivity index (χ0) is 54.6. The summed E-state index contributed by atoms with van der Waals surface area (Å²) >= 11 is 0. The van der Waals surface area contributed by atoms with Gasteiger partial charge in [-0.25, -0.2) is 0 Å². The summed E-state index contributed by atoms with van der Waals surface area (Å²) in [4.78, 5) is 0. The van der Waals surface area contributed by atoms with Crippen molar-refractivity contribution in [3.63, 3.8) is 0 Å². The predicted molar refractivity (Wildman–Crippen MR) is 353 cm³/mol. The van der Waals surface area contributed by atoms with Crippen LogP contribution >= 0.6 is 0 Å². The molecule has 0 saturated carbocycles. The molecule has 4 heterocycles. The Morgan fingerprint density at radius 1 is 0.181 bits per heavy atom. The van der Waals surface area contributed by atoms with Gasteiger partial charge in [0, 0.05) is 65.6 Å². The zero-order valence-corrected chi connectivity index (χ0v) is 46.3. The standard InChI is InChI=1S/C78H52N4Si/c1-3-25-55(26-4-1)83(56-27-5-2-6-28-56,57-29-23-24-53(50-57)79-71-40-17-14-37-66(71)68-51-54(46-49-77(68)79)80-69-38-15-7-30-59(69)60-31-8-16-39-70(60)80)58-47-48-67(78(52-58)82-75-44-21-11-34-63(75)64-35-12-22-45-76(64)82)65-36-13-20-43-74(65)81-72-41-18-9-32-61(72)62-33-10-19-42-73(62)81/h1-52H. The summed E-state index contributed by atoms with van der Waals surface area (Å²) in [6.07, 6.45) is 0. The van der Waals surface area contributed by atoms with Crippen LogP contribution in [0.2, 0.25) is 0 Å². The van der Waals surface area contributed by atoms with Crippen molar-refractivity contribution in [2.75, 3.05) is 0 Å². The Labute approximate surface area is 480 Å².